The molecule has 6 nitrogen and oxygen atoms in total. The average Bonchev–Trinajstić information content (AvgIpc) is 2.29. The van der Waals surface area contributed by atoms with Gasteiger partial charge in [-0.1, -0.05) is 13.8 Å². The van der Waals surface area contributed by atoms with Crippen molar-refractivity contribution in [2.45, 2.75) is 26.3 Å². The highest BCUT2D eigenvalue weighted by Gasteiger charge is 2.29. The summed E-state index contributed by atoms with van der Waals surface area (Å²) in [6.45, 7) is 6.17. The lowest BCUT2D eigenvalue weighted by molar-refractivity contribution is 0.0877. The minimum absolute atomic E-state index is 0.171. The highest BCUT2D eigenvalue weighted by atomic mass is 16.2. The first-order valence-corrected chi connectivity index (χ1v) is 5.47. The number of aromatic amines is 1. The molecule has 1 aromatic heterocycles. The molecule has 1 amide bonds. The summed E-state index contributed by atoms with van der Waals surface area (Å²) in [5.41, 5.74) is 5.00. The van der Waals surface area contributed by atoms with Gasteiger partial charge in [0.05, 0.1) is 5.54 Å². The zero-order chi connectivity index (χ0) is 13.1. The van der Waals surface area contributed by atoms with Gasteiger partial charge in [0.2, 0.25) is 0 Å². The van der Waals surface area contributed by atoms with Crippen LogP contribution in [0.3, 0.4) is 0 Å². The Morgan fingerprint density at radius 3 is 2.65 bits per heavy atom. The number of nitrogens with zero attached hydrogens (tertiary/aromatic N) is 1. The Kier molecular flexibility index (Phi) is 4.01. The van der Waals surface area contributed by atoms with Crippen LogP contribution in [0.25, 0.3) is 0 Å². The molecule has 0 aliphatic carbocycles. The Morgan fingerprint density at radius 2 is 2.24 bits per heavy atom. The highest BCUT2D eigenvalue weighted by Crippen LogP contribution is 2.15. The molecule has 0 aliphatic rings. The lowest BCUT2D eigenvalue weighted by atomic mass is 9.88. The zero-order valence-electron chi connectivity index (χ0n) is 10.3. The molecular weight excluding hydrogens is 220 g/mol. The number of hydrogen-bond donors (Lipinski definition) is 3. The second-order valence-electron chi connectivity index (χ2n) is 4.54. The van der Waals surface area contributed by atoms with Crippen molar-refractivity contribution in [1.29, 1.82) is 0 Å². The van der Waals surface area contributed by atoms with E-state index < -0.39 is 5.54 Å². The van der Waals surface area contributed by atoms with E-state index in [4.69, 9.17) is 5.73 Å². The molecule has 0 spiro atoms. The summed E-state index contributed by atoms with van der Waals surface area (Å²) < 4.78 is 0. The maximum Gasteiger partial charge on any atom is 0.272 e. The molecular formula is C11H18N4O2. The number of hydrogen-bond acceptors (Lipinski definition) is 4. The van der Waals surface area contributed by atoms with Gasteiger partial charge >= 0.3 is 0 Å². The molecule has 1 aromatic rings. The van der Waals surface area contributed by atoms with Crippen LogP contribution in [-0.2, 0) is 0 Å². The van der Waals surface area contributed by atoms with Gasteiger partial charge in [-0.15, -0.1) is 0 Å². The first-order valence-electron chi connectivity index (χ1n) is 5.47. The van der Waals surface area contributed by atoms with Gasteiger partial charge in [0.25, 0.3) is 11.5 Å². The molecule has 0 radical (unpaired) electrons. The fraction of sp³-hybridized carbons (Fsp3) is 0.545. The maximum atomic E-state index is 11.9. The number of nitrogens with two attached hydrogens (primary N) is 1. The Bertz CT molecular complexity index is 435. The Hall–Kier alpha value is -1.69. The molecule has 0 saturated heterocycles. The topological polar surface area (TPSA) is 101 Å². The fourth-order valence-corrected chi connectivity index (χ4v) is 1.23. The van der Waals surface area contributed by atoms with E-state index in [2.05, 4.69) is 15.5 Å². The molecule has 0 aliphatic heterocycles. The SMILES string of the molecule is CC(C)C(C)(CN)NC(=O)c1ccc(=O)[nH]n1. The third kappa shape index (κ3) is 3.13. The number of amides is 1. The van der Waals surface area contributed by atoms with Gasteiger partial charge in [-0.3, -0.25) is 9.59 Å². The van der Waals surface area contributed by atoms with Crippen molar-refractivity contribution in [1.82, 2.24) is 15.5 Å². The summed E-state index contributed by atoms with van der Waals surface area (Å²) in [5, 5.41) is 8.71. The Balaban J connectivity index is 2.85. The summed E-state index contributed by atoms with van der Waals surface area (Å²) in [6.07, 6.45) is 0. The van der Waals surface area contributed by atoms with Crippen molar-refractivity contribution in [2.75, 3.05) is 6.54 Å². The summed E-state index contributed by atoms with van der Waals surface area (Å²) in [6, 6.07) is 2.64. The average molecular weight is 238 g/mol. The van der Waals surface area contributed by atoms with E-state index in [0.717, 1.165) is 0 Å². The number of aromatic nitrogens is 2. The predicted molar refractivity (Wildman–Crippen MR) is 64.6 cm³/mol. The van der Waals surface area contributed by atoms with E-state index >= 15 is 0 Å². The van der Waals surface area contributed by atoms with Gasteiger partial charge in [0.1, 0.15) is 5.69 Å². The maximum absolute atomic E-state index is 11.9. The molecule has 17 heavy (non-hydrogen) atoms. The summed E-state index contributed by atoms with van der Waals surface area (Å²) in [4.78, 5) is 22.7. The quantitative estimate of drug-likeness (QED) is 0.680. The second-order valence-corrected chi connectivity index (χ2v) is 4.54. The molecule has 6 heteroatoms. The van der Waals surface area contributed by atoms with Crippen LogP contribution in [0.5, 0.6) is 0 Å². The molecule has 1 unspecified atom stereocenters. The normalized spacial score (nSPS) is 14.4. The van der Waals surface area contributed by atoms with Crippen molar-refractivity contribution < 1.29 is 4.79 Å². The Morgan fingerprint density at radius 1 is 1.59 bits per heavy atom. The summed E-state index contributed by atoms with van der Waals surface area (Å²) in [5.74, 6) is -0.151. The number of H-pyrrole nitrogens is 1. The standard InChI is InChI=1S/C11H18N4O2/c1-7(2)11(3,6-12)13-10(17)8-4-5-9(16)15-14-8/h4-5,7H,6,12H2,1-3H3,(H,13,17)(H,15,16). The van der Waals surface area contributed by atoms with Crippen LogP contribution in [-0.4, -0.2) is 28.2 Å². The van der Waals surface area contributed by atoms with Crippen LogP contribution < -0.4 is 16.6 Å². The van der Waals surface area contributed by atoms with Gasteiger partial charge < -0.3 is 11.1 Å². The third-order valence-electron chi connectivity index (χ3n) is 3.01. The van der Waals surface area contributed by atoms with Crippen LogP contribution in [0.1, 0.15) is 31.3 Å². The van der Waals surface area contributed by atoms with Crippen molar-refractivity contribution >= 4 is 5.91 Å². The summed E-state index contributed by atoms with van der Waals surface area (Å²) in [7, 11) is 0. The molecule has 1 heterocycles. The lowest BCUT2D eigenvalue weighted by Gasteiger charge is -2.33. The smallest absolute Gasteiger partial charge is 0.272 e. The van der Waals surface area contributed by atoms with E-state index in [1.165, 1.54) is 12.1 Å². The third-order valence-corrected chi connectivity index (χ3v) is 3.01. The molecule has 1 atom stereocenters. The second kappa shape index (κ2) is 5.09. The molecule has 0 saturated carbocycles. The molecule has 1 rings (SSSR count). The van der Waals surface area contributed by atoms with E-state index in [9.17, 15) is 9.59 Å². The minimum Gasteiger partial charge on any atom is -0.344 e. The zero-order valence-corrected chi connectivity index (χ0v) is 10.3. The van der Waals surface area contributed by atoms with Gasteiger partial charge in [-0.2, -0.15) is 5.10 Å². The van der Waals surface area contributed by atoms with E-state index in [1.54, 1.807) is 0 Å². The number of rotatable bonds is 4. The monoisotopic (exact) mass is 238 g/mol. The van der Waals surface area contributed by atoms with Crippen molar-refractivity contribution in [3.8, 4) is 0 Å². The highest BCUT2D eigenvalue weighted by molar-refractivity contribution is 5.92. The fourth-order valence-electron chi connectivity index (χ4n) is 1.23. The molecule has 0 aromatic carbocycles. The van der Waals surface area contributed by atoms with E-state index in [0.29, 0.717) is 6.54 Å². The van der Waals surface area contributed by atoms with Crippen molar-refractivity contribution in [3.63, 3.8) is 0 Å². The molecule has 94 valence electrons. The van der Waals surface area contributed by atoms with E-state index in [-0.39, 0.29) is 23.1 Å². The molecule has 4 N–H and O–H groups in total. The van der Waals surface area contributed by atoms with Crippen LogP contribution in [0.2, 0.25) is 0 Å². The van der Waals surface area contributed by atoms with Crippen LogP contribution >= 0.6 is 0 Å². The van der Waals surface area contributed by atoms with Gasteiger partial charge in [0.15, 0.2) is 0 Å². The molecule has 0 fully saturated rings. The first-order chi connectivity index (χ1) is 7.89. The predicted octanol–water partition coefficient (Wildman–Crippen LogP) is -0.127. The van der Waals surface area contributed by atoms with Gasteiger partial charge in [-0.25, -0.2) is 5.10 Å². The Labute approximate surface area is 99.6 Å². The van der Waals surface area contributed by atoms with E-state index in [1.807, 2.05) is 20.8 Å². The van der Waals surface area contributed by atoms with Crippen LogP contribution in [0.15, 0.2) is 16.9 Å². The van der Waals surface area contributed by atoms with Gasteiger partial charge in [0, 0.05) is 12.6 Å². The van der Waals surface area contributed by atoms with Crippen molar-refractivity contribution in [3.05, 3.63) is 28.2 Å². The number of carbonyl (C=O) groups is 1. The van der Waals surface area contributed by atoms with Crippen LogP contribution in [0, 0.1) is 5.92 Å². The number of carbonyl (C=O) groups excluding carboxylic acids is 1. The molecule has 0 bridgehead atoms. The van der Waals surface area contributed by atoms with Crippen LogP contribution in [0.4, 0.5) is 0 Å². The lowest BCUT2D eigenvalue weighted by Crippen LogP contribution is -2.55. The summed E-state index contributed by atoms with van der Waals surface area (Å²) >= 11 is 0. The van der Waals surface area contributed by atoms with Crippen molar-refractivity contribution in [2.24, 2.45) is 11.7 Å². The minimum atomic E-state index is -0.491. The largest absolute Gasteiger partial charge is 0.344 e. The van der Waals surface area contributed by atoms with Gasteiger partial charge in [-0.05, 0) is 18.9 Å². The first kappa shape index (κ1) is 13.4. The number of nitrogens with one attached hydrogen (secondary N) is 2.